The molecule has 4 aromatic rings. The van der Waals surface area contributed by atoms with Crippen LogP contribution >= 0.6 is 27.3 Å². The van der Waals surface area contributed by atoms with Gasteiger partial charge in [0.15, 0.2) is 5.43 Å². The van der Waals surface area contributed by atoms with Gasteiger partial charge in [-0.2, -0.15) is 0 Å². The number of anilines is 1. The van der Waals surface area contributed by atoms with Crippen LogP contribution in [0.25, 0.3) is 11.0 Å². The fourth-order valence-corrected chi connectivity index (χ4v) is 4.33. The van der Waals surface area contributed by atoms with Gasteiger partial charge in [0.05, 0.1) is 17.0 Å². The van der Waals surface area contributed by atoms with Crippen LogP contribution in [0, 0.1) is 0 Å². The highest BCUT2D eigenvalue weighted by Gasteiger charge is 2.44. The minimum absolute atomic E-state index is 0.00639. The van der Waals surface area contributed by atoms with Gasteiger partial charge in [0, 0.05) is 4.47 Å². The first-order valence-corrected chi connectivity index (χ1v) is 9.87. The van der Waals surface area contributed by atoms with Crippen molar-refractivity contribution in [1.82, 2.24) is 10.2 Å². The fourth-order valence-electron chi connectivity index (χ4n) is 3.39. The van der Waals surface area contributed by atoms with Crippen LogP contribution in [-0.2, 0) is 0 Å². The molecule has 0 aliphatic carbocycles. The molecule has 5 rings (SSSR count). The second-order valence-electron chi connectivity index (χ2n) is 6.20. The minimum Gasteiger partial charge on any atom is -0.508 e. The Morgan fingerprint density at radius 3 is 2.64 bits per heavy atom. The lowest BCUT2D eigenvalue weighted by Gasteiger charge is -2.22. The number of amides is 1. The van der Waals surface area contributed by atoms with E-state index in [-0.39, 0.29) is 22.5 Å². The van der Waals surface area contributed by atoms with Crippen molar-refractivity contribution in [2.24, 2.45) is 0 Å². The Labute approximate surface area is 170 Å². The van der Waals surface area contributed by atoms with Crippen molar-refractivity contribution in [2.75, 3.05) is 4.90 Å². The van der Waals surface area contributed by atoms with Crippen molar-refractivity contribution in [2.45, 2.75) is 6.04 Å². The van der Waals surface area contributed by atoms with E-state index in [1.54, 1.807) is 30.3 Å². The first-order valence-electron chi connectivity index (χ1n) is 8.19. The average molecular weight is 456 g/mol. The van der Waals surface area contributed by atoms with Gasteiger partial charge in [0.25, 0.3) is 5.91 Å². The Balaban J connectivity index is 1.83. The summed E-state index contributed by atoms with van der Waals surface area (Å²) in [5, 5.41) is 18.2. The van der Waals surface area contributed by atoms with Crippen LogP contribution in [0.15, 0.2) is 61.7 Å². The molecule has 0 bridgehead atoms. The predicted octanol–water partition coefficient (Wildman–Crippen LogP) is 3.86. The zero-order valence-corrected chi connectivity index (χ0v) is 16.4. The Hall–Kier alpha value is -3.04. The van der Waals surface area contributed by atoms with Crippen molar-refractivity contribution in [3.63, 3.8) is 0 Å². The molecule has 2 aromatic carbocycles. The number of nitrogens with zero attached hydrogens (tertiary/aromatic N) is 3. The third-order valence-corrected chi connectivity index (χ3v) is 5.78. The number of carbonyl (C=O) groups is 1. The summed E-state index contributed by atoms with van der Waals surface area (Å²) in [6, 6.07) is 10.7. The highest BCUT2D eigenvalue weighted by Crippen LogP contribution is 2.41. The van der Waals surface area contributed by atoms with E-state index in [1.165, 1.54) is 33.9 Å². The lowest BCUT2D eigenvalue weighted by atomic mass is 9.98. The number of fused-ring (bicyclic) bond motifs is 2. The summed E-state index contributed by atoms with van der Waals surface area (Å²) in [5.74, 6) is -0.370. The summed E-state index contributed by atoms with van der Waals surface area (Å²) in [6.45, 7) is 0. The van der Waals surface area contributed by atoms with E-state index in [1.807, 2.05) is 0 Å². The van der Waals surface area contributed by atoms with Crippen LogP contribution < -0.4 is 10.3 Å². The number of phenols is 1. The van der Waals surface area contributed by atoms with Gasteiger partial charge in [-0.05, 0) is 35.9 Å². The summed E-state index contributed by atoms with van der Waals surface area (Å²) >= 11 is 4.56. The highest BCUT2D eigenvalue weighted by atomic mass is 79.9. The van der Waals surface area contributed by atoms with E-state index >= 15 is 0 Å². The van der Waals surface area contributed by atoms with Gasteiger partial charge in [-0.25, -0.2) is 0 Å². The Morgan fingerprint density at radius 1 is 1.14 bits per heavy atom. The number of aromatic nitrogens is 2. The van der Waals surface area contributed by atoms with Crippen LogP contribution in [0.1, 0.15) is 27.7 Å². The molecule has 2 aromatic heterocycles. The largest absolute Gasteiger partial charge is 0.508 e. The summed E-state index contributed by atoms with van der Waals surface area (Å²) in [7, 11) is 0. The van der Waals surface area contributed by atoms with Crippen molar-refractivity contribution in [1.29, 1.82) is 0 Å². The second kappa shape index (κ2) is 6.25. The maximum Gasteiger partial charge on any atom is 0.297 e. The number of carbonyl (C=O) groups excluding carboxylic acids is 1. The molecule has 9 heteroatoms. The van der Waals surface area contributed by atoms with Gasteiger partial charge < -0.3 is 9.52 Å². The SMILES string of the molecule is O=C1c2oc3ccc(Br)cc3c(=O)c2C(c2ccc(O)cc2)N1c1nncs1. The molecule has 1 unspecified atom stereocenters. The fraction of sp³-hybridized carbons (Fsp3) is 0.0526. The Kier molecular flexibility index (Phi) is 3.81. The summed E-state index contributed by atoms with van der Waals surface area (Å²) in [4.78, 5) is 27.9. The first-order chi connectivity index (χ1) is 13.5. The monoisotopic (exact) mass is 455 g/mol. The van der Waals surface area contributed by atoms with Crippen LogP contribution in [0.4, 0.5) is 5.13 Å². The Morgan fingerprint density at radius 2 is 1.93 bits per heavy atom. The summed E-state index contributed by atoms with van der Waals surface area (Å²) in [5.41, 5.74) is 2.47. The molecular weight excluding hydrogens is 446 g/mol. The molecule has 0 radical (unpaired) electrons. The summed E-state index contributed by atoms with van der Waals surface area (Å²) in [6.07, 6.45) is 0. The molecule has 0 saturated carbocycles. The topological polar surface area (TPSA) is 96.5 Å². The van der Waals surface area contributed by atoms with Gasteiger partial charge in [-0.15, -0.1) is 10.2 Å². The molecule has 3 heterocycles. The van der Waals surface area contributed by atoms with Crippen molar-refractivity contribution in [3.8, 4) is 5.75 Å². The van der Waals surface area contributed by atoms with Crippen LogP contribution in [-0.4, -0.2) is 21.2 Å². The van der Waals surface area contributed by atoms with Crippen molar-refractivity contribution in [3.05, 3.63) is 79.6 Å². The third kappa shape index (κ3) is 2.47. The van der Waals surface area contributed by atoms with Gasteiger partial charge in [0.1, 0.15) is 16.8 Å². The molecule has 1 N–H and O–H groups in total. The zero-order valence-electron chi connectivity index (χ0n) is 14.0. The lowest BCUT2D eigenvalue weighted by Crippen LogP contribution is -2.29. The zero-order chi connectivity index (χ0) is 19.4. The molecule has 0 spiro atoms. The molecule has 28 heavy (non-hydrogen) atoms. The smallest absolute Gasteiger partial charge is 0.297 e. The van der Waals surface area contributed by atoms with E-state index in [2.05, 4.69) is 26.1 Å². The number of rotatable bonds is 2. The highest BCUT2D eigenvalue weighted by molar-refractivity contribution is 9.10. The quantitative estimate of drug-likeness (QED) is 0.492. The van der Waals surface area contributed by atoms with Gasteiger partial charge in [0.2, 0.25) is 10.9 Å². The summed E-state index contributed by atoms with van der Waals surface area (Å²) < 4.78 is 6.59. The average Bonchev–Trinajstić information content (AvgIpc) is 3.30. The molecule has 1 atom stereocenters. The molecule has 1 aliphatic rings. The van der Waals surface area contributed by atoms with Crippen LogP contribution in [0.2, 0.25) is 0 Å². The van der Waals surface area contributed by atoms with E-state index in [0.29, 0.717) is 21.7 Å². The predicted molar refractivity (Wildman–Crippen MR) is 107 cm³/mol. The number of hydrogen-bond acceptors (Lipinski definition) is 7. The molecule has 0 saturated heterocycles. The molecule has 1 aliphatic heterocycles. The Bertz CT molecular complexity index is 1290. The van der Waals surface area contributed by atoms with Gasteiger partial charge in [-0.3, -0.25) is 14.5 Å². The minimum atomic E-state index is -0.726. The standard InChI is InChI=1S/C19H10BrN3O4S/c20-10-3-6-13-12(7-10)16(25)14-15(9-1-4-11(24)5-2-9)23(18(26)17(14)27-13)19-22-21-8-28-19/h1-8,15,24H. The van der Waals surface area contributed by atoms with E-state index < -0.39 is 11.9 Å². The third-order valence-electron chi connectivity index (χ3n) is 4.60. The molecule has 7 nitrogen and oxygen atoms in total. The van der Waals surface area contributed by atoms with Crippen LogP contribution in [0.3, 0.4) is 0 Å². The van der Waals surface area contributed by atoms with E-state index in [4.69, 9.17) is 4.42 Å². The first kappa shape index (κ1) is 17.1. The maximum absolute atomic E-state index is 13.3. The normalized spacial score (nSPS) is 16.0. The number of phenolic OH excluding ortho intramolecular Hbond substituents is 1. The molecule has 138 valence electrons. The van der Waals surface area contributed by atoms with Gasteiger partial charge >= 0.3 is 0 Å². The van der Waals surface area contributed by atoms with E-state index in [9.17, 15) is 14.7 Å². The number of halogens is 1. The molecule has 0 fully saturated rings. The number of hydrogen-bond donors (Lipinski definition) is 1. The molecule has 1 amide bonds. The maximum atomic E-state index is 13.3. The molecular formula is C19H10BrN3O4S. The van der Waals surface area contributed by atoms with Crippen molar-refractivity contribution >= 4 is 49.3 Å². The second-order valence-corrected chi connectivity index (χ2v) is 7.93. The van der Waals surface area contributed by atoms with Gasteiger partial charge in [-0.1, -0.05) is 39.4 Å². The van der Waals surface area contributed by atoms with Crippen molar-refractivity contribution < 1.29 is 14.3 Å². The van der Waals surface area contributed by atoms with Crippen LogP contribution in [0.5, 0.6) is 5.75 Å². The number of aromatic hydroxyl groups is 1. The lowest BCUT2D eigenvalue weighted by molar-refractivity contribution is 0.0970. The number of benzene rings is 2. The van der Waals surface area contributed by atoms with E-state index in [0.717, 1.165) is 4.47 Å².